The van der Waals surface area contributed by atoms with Crippen molar-refractivity contribution in [1.29, 1.82) is 0 Å². The van der Waals surface area contributed by atoms with E-state index in [4.69, 9.17) is 23.8 Å². The fraction of sp³-hybridized carbons (Fsp3) is 0.316. The largest absolute Gasteiger partial charge is 0.346 e. The summed E-state index contributed by atoms with van der Waals surface area (Å²) in [6.45, 7) is 5.11. The lowest BCUT2D eigenvalue weighted by Crippen LogP contribution is -2.50. The number of nitrogens with one attached hydrogen (secondary N) is 1. The van der Waals surface area contributed by atoms with Crippen LogP contribution in [0, 0.1) is 0 Å². The Bertz CT molecular complexity index is 669. The van der Waals surface area contributed by atoms with Crippen LogP contribution in [-0.4, -0.2) is 47.6 Å². The Balaban J connectivity index is 1.43. The Hall–Kier alpha value is -1.62. The minimum absolute atomic E-state index is 0.716. The monoisotopic (exact) mass is 359 g/mol. The average Bonchev–Trinajstić information content (AvgIpc) is 2.61. The van der Waals surface area contributed by atoms with Crippen LogP contribution in [0.3, 0.4) is 0 Å². The van der Waals surface area contributed by atoms with Crippen molar-refractivity contribution in [3.05, 3.63) is 65.2 Å². The lowest BCUT2D eigenvalue weighted by molar-refractivity contribution is 0.185. The molecule has 0 aliphatic carbocycles. The molecule has 1 N–H and O–H groups in total. The van der Waals surface area contributed by atoms with E-state index in [-0.39, 0.29) is 0 Å². The minimum atomic E-state index is 0.716. The highest BCUT2D eigenvalue weighted by Crippen LogP contribution is 2.16. The van der Waals surface area contributed by atoms with Crippen molar-refractivity contribution in [3.63, 3.8) is 0 Å². The standard InChI is InChI=1S/C19H22ClN3S/c20-17-7-4-8-18(15-17)21-19(24)23-13-11-22(12-14-23)10-9-16-5-2-1-3-6-16/h1-8,15H,9-14H2,(H,21,24). The summed E-state index contributed by atoms with van der Waals surface area (Å²) in [5.74, 6) is 0. The Morgan fingerprint density at radius 1 is 1.00 bits per heavy atom. The van der Waals surface area contributed by atoms with Crippen molar-refractivity contribution in [2.75, 3.05) is 38.0 Å². The third kappa shape index (κ3) is 4.94. The summed E-state index contributed by atoms with van der Waals surface area (Å²) in [7, 11) is 0. The smallest absolute Gasteiger partial charge is 0.173 e. The molecule has 1 aliphatic rings. The highest BCUT2D eigenvalue weighted by Gasteiger charge is 2.18. The molecule has 2 aromatic carbocycles. The summed E-state index contributed by atoms with van der Waals surface area (Å²) < 4.78 is 0. The highest BCUT2D eigenvalue weighted by atomic mass is 35.5. The van der Waals surface area contributed by atoms with Crippen molar-refractivity contribution in [2.24, 2.45) is 0 Å². The van der Waals surface area contributed by atoms with Crippen LogP contribution >= 0.6 is 23.8 Å². The molecular formula is C19H22ClN3S. The van der Waals surface area contributed by atoms with Gasteiger partial charge in [0.1, 0.15) is 0 Å². The summed E-state index contributed by atoms with van der Waals surface area (Å²) in [5.41, 5.74) is 2.34. The molecule has 1 fully saturated rings. The van der Waals surface area contributed by atoms with Gasteiger partial charge in [0.15, 0.2) is 5.11 Å². The van der Waals surface area contributed by atoms with Gasteiger partial charge in [-0.3, -0.25) is 4.90 Å². The summed E-state index contributed by atoms with van der Waals surface area (Å²) >= 11 is 11.5. The van der Waals surface area contributed by atoms with Gasteiger partial charge < -0.3 is 10.2 Å². The van der Waals surface area contributed by atoms with E-state index in [9.17, 15) is 0 Å². The quantitative estimate of drug-likeness (QED) is 0.834. The molecule has 0 amide bonds. The molecule has 5 heteroatoms. The van der Waals surface area contributed by atoms with E-state index in [1.54, 1.807) is 0 Å². The van der Waals surface area contributed by atoms with Gasteiger partial charge in [0.2, 0.25) is 0 Å². The fourth-order valence-electron chi connectivity index (χ4n) is 2.88. The van der Waals surface area contributed by atoms with Gasteiger partial charge in [-0.25, -0.2) is 0 Å². The number of anilines is 1. The van der Waals surface area contributed by atoms with Gasteiger partial charge >= 0.3 is 0 Å². The van der Waals surface area contributed by atoms with Crippen molar-refractivity contribution in [3.8, 4) is 0 Å². The predicted octanol–water partition coefficient (Wildman–Crippen LogP) is 3.90. The zero-order chi connectivity index (χ0) is 16.8. The molecule has 0 saturated carbocycles. The van der Waals surface area contributed by atoms with Gasteiger partial charge in [-0.15, -0.1) is 0 Å². The molecule has 0 radical (unpaired) electrons. The Morgan fingerprint density at radius 3 is 2.46 bits per heavy atom. The minimum Gasteiger partial charge on any atom is -0.346 e. The number of rotatable bonds is 4. The average molecular weight is 360 g/mol. The van der Waals surface area contributed by atoms with Crippen molar-refractivity contribution >= 4 is 34.6 Å². The second-order valence-corrected chi connectivity index (χ2v) is 6.83. The normalized spacial score (nSPS) is 15.3. The van der Waals surface area contributed by atoms with Gasteiger partial charge in [-0.05, 0) is 42.4 Å². The van der Waals surface area contributed by atoms with Crippen LogP contribution in [0.25, 0.3) is 0 Å². The first kappa shape index (κ1) is 17.2. The van der Waals surface area contributed by atoms with E-state index in [1.165, 1.54) is 5.56 Å². The van der Waals surface area contributed by atoms with Crippen molar-refractivity contribution in [2.45, 2.75) is 6.42 Å². The number of piperazine rings is 1. The predicted molar refractivity (Wildman–Crippen MR) is 106 cm³/mol. The molecule has 0 bridgehead atoms. The molecule has 126 valence electrons. The van der Waals surface area contributed by atoms with Crippen LogP contribution in [0.15, 0.2) is 54.6 Å². The number of hydrogen-bond acceptors (Lipinski definition) is 2. The zero-order valence-electron chi connectivity index (χ0n) is 13.6. The maximum absolute atomic E-state index is 6.01. The maximum Gasteiger partial charge on any atom is 0.173 e. The van der Waals surface area contributed by atoms with Crippen LogP contribution in [-0.2, 0) is 6.42 Å². The van der Waals surface area contributed by atoms with E-state index in [0.717, 1.165) is 49.9 Å². The number of benzene rings is 2. The Kier molecular flexibility index (Phi) is 6.07. The molecule has 2 aromatic rings. The Morgan fingerprint density at radius 2 is 1.75 bits per heavy atom. The first-order chi connectivity index (χ1) is 11.7. The zero-order valence-corrected chi connectivity index (χ0v) is 15.2. The topological polar surface area (TPSA) is 18.5 Å². The molecule has 3 nitrogen and oxygen atoms in total. The van der Waals surface area contributed by atoms with Gasteiger partial charge in [-0.2, -0.15) is 0 Å². The van der Waals surface area contributed by atoms with Gasteiger partial charge in [0.05, 0.1) is 0 Å². The second-order valence-electron chi connectivity index (χ2n) is 6.00. The van der Waals surface area contributed by atoms with E-state index in [1.807, 2.05) is 24.3 Å². The fourth-order valence-corrected chi connectivity index (χ4v) is 3.37. The highest BCUT2D eigenvalue weighted by molar-refractivity contribution is 7.80. The van der Waals surface area contributed by atoms with Crippen LogP contribution in [0.4, 0.5) is 5.69 Å². The molecule has 24 heavy (non-hydrogen) atoms. The number of halogens is 1. The molecule has 0 spiro atoms. The van der Waals surface area contributed by atoms with Gasteiger partial charge in [0.25, 0.3) is 0 Å². The van der Waals surface area contributed by atoms with Crippen LogP contribution in [0.2, 0.25) is 5.02 Å². The third-order valence-corrected chi connectivity index (χ3v) is 4.89. The molecular weight excluding hydrogens is 338 g/mol. The number of nitrogens with zero attached hydrogens (tertiary/aromatic N) is 2. The first-order valence-electron chi connectivity index (χ1n) is 8.28. The van der Waals surface area contributed by atoms with Gasteiger partial charge in [-0.1, -0.05) is 48.0 Å². The number of hydrogen-bond donors (Lipinski definition) is 1. The molecule has 0 atom stereocenters. The SMILES string of the molecule is S=C(Nc1cccc(Cl)c1)N1CCN(CCc2ccccc2)CC1. The van der Waals surface area contributed by atoms with Crippen LogP contribution < -0.4 is 5.32 Å². The van der Waals surface area contributed by atoms with E-state index < -0.39 is 0 Å². The van der Waals surface area contributed by atoms with Crippen LogP contribution in [0.5, 0.6) is 0 Å². The van der Waals surface area contributed by atoms with E-state index in [2.05, 4.69) is 45.4 Å². The van der Waals surface area contributed by atoms with Crippen LogP contribution in [0.1, 0.15) is 5.56 Å². The number of thiocarbonyl (C=S) groups is 1. The van der Waals surface area contributed by atoms with E-state index >= 15 is 0 Å². The summed E-state index contributed by atoms with van der Waals surface area (Å²) in [6, 6.07) is 18.3. The molecule has 1 aliphatic heterocycles. The van der Waals surface area contributed by atoms with E-state index in [0.29, 0.717) is 5.02 Å². The molecule has 0 unspecified atom stereocenters. The third-order valence-electron chi connectivity index (χ3n) is 4.29. The lowest BCUT2D eigenvalue weighted by atomic mass is 10.1. The second kappa shape index (κ2) is 8.47. The lowest BCUT2D eigenvalue weighted by Gasteiger charge is -2.36. The maximum atomic E-state index is 6.01. The molecule has 0 aromatic heterocycles. The Labute approximate surface area is 154 Å². The summed E-state index contributed by atoms with van der Waals surface area (Å²) in [6.07, 6.45) is 1.10. The van der Waals surface area contributed by atoms with Crippen molar-refractivity contribution < 1.29 is 0 Å². The molecule has 1 saturated heterocycles. The first-order valence-corrected chi connectivity index (χ1v) is 9.07. The molecule has 3 rings (SSSR count). The summed E-state index contributed by atoms with van der Waals surface area (Å²) in [4.78, 5) is 4.74. The van der Waals surface area contributed by atoms with Gasteiger partial charge in [0, 0.05) is 43.4 Å². The van der Waals surface area contributed by atoms with Crippen molar-refractivity contribution in [1.82, 2.24) is 9.80 Å². The molecule has 1 heterocycles. The summed E-state index contributed by atoms with van der Waals surface area (Å²) in [5, 5.41) is 4.77.